The van der Waals surface area contributed by atoms with Gasteiger partial charge in [-0.15, -0.1) is 0 Å². The number of halogens is 2. The molecule has 1 aliphatic rings. The van der Waals surface area contributed by atoms with E-state index in [0.717, 1.165) is 5.56 Å². The lowest BCUT2D eigenvalue weighted by Crippen LogP contribution is -2.33. The van der Waals surface area contributed by atoms with Crippen molar-refractivity contribution in [1.29, 1.82) is 0 Å². The number of carbonyl (C=O) groups is 2. The van der Waals surface area contributed by atoms with E-state index in [9.17, 15) is 14.0 Å². The van der Waals surface area contributed by atoms with E-state index < -0.39 is 5.25 Å². The highest BCUT2D eigenvalue weighted by atomic mass is 35.5. The first-order valence-electron chi connectivity index (χ1n) is 10.4. The Bertz CT molecular complexity index is 1220. The summed E-state index contributed by atoms with van der Waals surface area (Å²) in [6.07, 6.45) is -0.0454. The fourth-order valence-corrected chi connectivity index (χ4v) is 4.68. The lowest BCUT2D eigenvalue weighted by atomic mass is 10.2. The number of benzene rings is 3. The first kappa shape index (κ1) is 23.8. The van der Waals surface area contributed by atoms with Crippen molar-refractivity contribution in [2.24, 2.45) is 4.99 Å². The summed E-state index contributed by atoms with van der Waals surface area (Å²) in [5.41, 5.74) is 1.88. The first-order chi connectivity index (χ1) is 16.4. The quantitative estimate of drug-likeness (QED) is 0.458. The molecular weight excluding hydrogens is 477 g/mol. The topological polar surface area (TPSA) is 71.0 Å². The Morgan fingerprint density at radius 3 is 2.50 bits per heavy atom. The number of rotatable bonds is 7. The molecule has 1 N–H and O–H groups in total. The van der Waals surface area contributed by atoms with E-state index in [1.807, 2.05) is 24.3 Å². The Kier molecular flexibility index (Phi) is 7.49. The fraction of sp³-hybridized carbons (Fsp3) is 0.160. The van der Waals surface area contributed by atoms with E-state index in [1.165, 1.54) is 36.0 Å². The van der Waals surface area contributed by atoms with Crippen LogP contribution in [0.15, 0.2) is 77.8 Å². The third-order valence-corrected chi connectivity index (χ3v) is 6.59. The van der Waals surface area contributed by atoms with Gasteiger partial charge in [-0.2, -0.15) is 0 Å². The van der Waals surface area contributed by atoms with Crippen molar-refractivity contribution in [3.63, 3.8) is 0 Å². The zero-order valence-corrected chi connectivity index (χ0v) is 19.8. The van der Waals surface area contributed by atoms with Gasteiger partial charge in [0.05, 0.1) is 30.1 Å². The van der Waals surface area contributed by atoms with Gasteiger partial charge in [0.25, 0.3) is 0 Å². The molecule has 1 heterocycles. The van der Waals surface area contributed by atoms with Crippen molar-refractivity contribution >= 4 is 51.7 Å². The number of aliphatic imine (C=N–C) groups is 1. The van der Waals surface area contributed by atoms with Crippen molar-refractivity contribution in [3.8, 4) is 5.75 Å². The summed E-state index contributed by atoms with van der Waals surface area (Å²) in [7, 11) is 1.58. The number of amides is 2. The van der Waals surface area contributed by atoms with E-state index in [2.05, 4.69) is 10.3 Å². The second kappa shape index (κ2) is 10.7. The number of ether oxygens (including phenoxy) is 1. The van der Waals surface area contributed by atoms with Gasteiger partial charge in [-0.1, -0.05) is 47.6 Å². The van der Waals surface area contributed by atoms with Crippen LogP contribution in [0.2, 0.25) is 5.02 Å². The standard InChI is InChI=1S/C25H21ClFN3O3S/c1-33-19-12-6-16(7-13-19)15-30-24(32)22(14-23(31)29-21-5-3-2-4-20(21)26)34-25(30)28-18-10-8-17(27)9-11-18/h2-13,22H,14-15H2,1H3,(H,29,31)/t22-/m0/s1. The molecule has 1 saturated heterocycles. The van der Waals surface area contributed by atoms with Crippen molar-refractivity contribution in [2.75, 3.05) is 12.4 Å². The van der Waals surface area contributed by atoms with Crippen LogP contribution in [0.25, 0.3) is 0 Å². The van der Waals surface area contributed by atoms with Crippen LogP contribution >= 0.6 is 23.4 Å². The van der Waals surface area contributed by atoms with Crippen LogP contribution in [0.3, 0.4) is 0 Å². The zero-order valence-electron chi connectivity index (χ0n) is 18.2. The van der Waals surface area contributed by atoms with Crippen molar-refractivity contribution < 1.29 is 18.7 Å². The number of anilines is 1. The lowest BCUT2D eigenvalue weighted by Gasteiger charge is -2.17. The number of carbonyl (C=O) groups excluding carboxylic acids is 2. The molecule has 34 heavy (non-hydrogen) atoms. The Hall–Kier alpha value is -3.36. The Morgan fingerprint density at radius 2 is 1.82 bits per heavy atom. The Morgan fingerprint density at radius 1 is 1.12 bits per heavy atom. The maximum Gasteiger partial charge on any atom is 0.242 e. The summed E-state index contributed by atoms with van der Waals surface area (Å²) in [5.74, 6) is -0.217. The van der Waals surface area contributed by atoms with Crippen LogP contribution in [0, 0.1) is 5.82 Å². The molecule has 0 bridgehead atoms. The van der Waals surface area contributed by atoms with Crippen LogP contribution in [0.4, 0.5) is 15.8 Å². The Balaban J connectivity index is 1.55. The summed E-state index contributed by atoms with van der Waals surface area (Å²) >= 11 is 7.33. The second-order valence-corrected chi connectivity index (χ2v) is 9.06. The summed E-state index contributed by atoms with van der Waals surface area (Å²) in [5, 5.41) is 2.97. The number of para-hydroxylation sites is 1. The van der Waals surface area contributed by atoms with Gasteiger partial charge in [0.2, 0.25) is 11.8 Å². The van der Waals surface area contributed by atoms with Gasteiger partial charge in [0.15, 0.2) is 5.17 Å². The number of amidine groups is 1. The molecule has 0 saturated carbocycles. The van der Waals surface area contributed by atoms with E-state index in [1.54, 1.807) is 36.3 Å². The molecule has 2 amide bonds. The molecule has 0 radical (unpaired) electrons. The first-order valence-corrected chi connectivity index (χ1v) is 11.7. The van der Waals surface area contributed by atoms with Crippen molar-refractivity contribution in [1.82, 2.24) is 4.90 Å². The van der Waals surface area contributed by atoms with E-state index in [0.29, 0.717) is 27.3 Å². The molecule has 6 nitrogen and oxygen atoms in total. The Labute approximate surface area is 205 Å². The van der Waals surface area contributed by atoms with Gasteiger partial charge in [-0.05, 0) is 54.1 Å². The zero-order chi connectivity index (χ0) is 24.1. The molecule has 1 atom stereocenters. The number of hydrogen-bond donors (Lipinski definition) is 1. The van der Waals surface area contributed by atoms with E-state index >= 15 is 0 Å². The van der Waals surface area contributed by atoms with Crippen LogP contribution < -0.4 is 10.1 Å². The highest BCUT2D eigenvalue weighted by molar-refractivity contribution is 8.15. The van der Waals surface area contributed by atoms with Crippen molar-refractivity contribution in [3.05, 3.63) is 89.2 Å². The third-order valence-electron chi connectivity index (χ3n) is 5.09. The maximum atomic E-state index is 13.3. The summed E-state index contributed by atoms with van der Waals surface area (Å²) in [6, 6.07) is 20.0. The SMILES string of the molecule is COc1ccc(CN2C(=O)[C@H](CC(=O)Nc3ccccc3Cl)SC2=Nc2ccc(F)cc2)cc1. The predicted molar refractivity (Wildman–Crippen MR) is 133 cm³/mol. The largest absolute Gasteiger partial charge is 0.497 e. The number of hydrogen-bond acceptors (Lipinski definition) is 5. The van der Waals surface area contributed by atoms with Gasteiger partial charge >= 0.3 is 0 Å². The van der Waals surface area contributed by atoms with E-state index in [4.69, 9.17) is 16.3 Å². The monoisotopic (exact) mass is 497 g/mol. The lowest BCUT2D eigenvalue weighted by molar-refractivity contribution is -0.128. The van der Waals surface area contributed by atoms with Crippen LogP contribution in [0.5, 0.6) is 5.75 Å². The van der Waals surface area contributed by atoms with Gasteiger partial charge in [0, 0.05) is 6.42 Å². The molecule has 3 aromatic carbocycles. The fourth-order valence-electron chi connectivity index (χ4n) is 3.34. The molecule has 174 valence electrons. The number of methoxy groups -OCH3 is 1. The summed E-state index contributed by atoms with van der Waals surface area (Å²) in [4.78, 5) is 32.0. The minimum Gasteiger partial charge on any atom is -0.497 e. The molecule has 1 aliphatic heterocycles. The molecule has 0 aliphatic carbocycles. The molecule has 4 rings (SSSR count). The summed E-state index contributed by atoms with van der Waals surface area (Å²) in [6.45, 7) is 0.276. The maximum absolute atomic E-state index is 13.3. The smallest absolute Gasteiger partial charge is 0.242 e. The predicted octanol–water partition coefficient (Wildman–Crippen LogP) is 5.65. The molecule has 3 aromatic rings. The number of thioether (sulfide) groups is 1. The molecule has 0 aromatic heterocycles. The normalized spacial score (nSPS) is 16.7. The molecule has 9 heteroatoms. The second-order valence-electron chi connectivity index (χ2n) is 7.48. The molecule has 0 spiro atoms. The molecule has 1 fully saturated rings. The van der Waals surface area contributed by atoms with Crippen LogP contribution in [-0.4, -0.2) is 34.2 Å². The number of nitrogens with one attached hydrogen (secondary N) is 1. The minimum absolute atomic E-state index is 0.0454. The van der Waals surface area contributed by atoms with Gasteiger partial charge in [-0.3, -0.25) is 14.5 Å². The third kappa shape index (κ3) is 5.76. The van der Waals surface area contributed by atoms with Gasteiger partial charge in [-0.25, -0.2) is 9.38 Å². The average Bonchev–Trinajstić information content (AvgIpc) is 3.11. The van der Waals surface area contributed by atoms with E-state index in [-0.39, 0.29) is 30.6 Å². The number of nitrogens with zero attached hydrogens (tertiary/aromatic N) is 2. The molecule has 0 unspecified atom stereocenters. The molecular formula is C25H21ClFN3O3S. The van der Waals surface area contributed by atoms with Gasteiger partial charge in [0.1, 0.15) is 16.8 Å². The van der Waals surface area contributed by atoms with Gasteiger partial charge < -0.3 is 10.1 Å². The summed E-state index contributed by atoms with van der Waals surface area (Å²) < 4.78 is 18.5. The van der Waals surface area contributed by atoms with Crippen LogP contribution in [-0.2, 0) is 16.1 Å². The average molecular weight is 498 g/mol. The van der Waals surface area contributed by atoms with Crippen LogP contribution in [0.1, 0.15) is 12.0 Å². The minimum atomic E-state index is -0.653. The van der Waals surface area contributed by atoms with Crippen molar-refractivity contribution in [2.45, 2.75) is 18.2 Å². The highest BCUT2D eigenvalue weighted by Crippen LogP contribution is 2.33. The highest BCUT2D eigenvalue weighted by Gasteiger charge is 2.39.